The number of rotatable bonds is 27. The molecule has 3 N–H and O–H groups in total. The Morgan fingerprint density at radius 1 is 0.256 bits per heavy atom. The summed E-state index contributed by atoms with van der Waals surface area (Å²) in [7, 11) is 0. The first kappa shape index (κ1) is 61.3. The molecule has 0 saturated heterocycles. The van der Waals surface area contributed by atoms with E-state index >= 15 is 0 Å². The second-order valence-electron chi connectivity index (χ2n) is 22.5. The molecule has 0 heterocycles. The van der Waals surface area contributed by atoms with E-state index < -0.39 is 85.5 Å². The maximum atomic E-state index is 13.0. The van der Waals surface area contributed by atoms with Gasteiger partial charge in [-0.3, -0.25) is 0 Å². The van der Waals surface area contributed by atoms with Crippen LogP contribution in [0.5, 0.6) is 0 Å². The Kier molecular flexibility index (Phi) is 22.5. The van der Waals surface area contributed by atoms with Crippen LogP contribution in [0, 0.1) is 0 Å². The van der Waals surface area contributed by atoms with Crippen LogP contribution >= 0.6 is 11.8 Å². The molecular weight excluding hydrogens is 1100 g/mol. The number of thioether (sulfide) groups is 1. The Morgan fingerprint density at radius 2 is 0.488 bits per heavy atom. The molecule has 3 aliphatic rings. The summed E-state index contributed by atoms with van der Waals surface area (Å²) in [4.78, 5) is 1.04. The van der Waals surface area contributed by atoms with Gasteiger partial charge in [-0.05, 0) is 57.5 Å². The number of hydrogen-bond donors (Lipinski definition) is 3. The number of hydrogen-bond acceptors (Lipinski definition) is 13. The van der Waals surface area contributed by atoms with E-state index in [9.17, 15) is 15.3 Å². The van der Waals surface area contributed by atoms with Crippen LogP contribution in [0.15, 0.2) is 248 Å². The quantitative estimate of drug-likeness (QED) is 0.0450. The molecule has 13 heteroatoms. The monoisotopic (exact) mass is 1180 g/mol. The molecule has 12 nitrogen and oxygen atoms in total. The molecule has 0 bridgehead atoms. The van der Waals surface area contributed by atoms with E-state index in [4.69, 9.17) is 42.6 Å². The fraction of sp³-hybridized carbons (Fsp3) is 0.342. The highest BCUT2D eigenvalue weighted by Gasteiger charge is 2.55. The summed E-state index contributed by atoms with van der Waals surface area (Å²) in [6.07, 6.45) is -12.5. The molecule has 86 heavy (non-hydrogen) atoms. The van der Waals surface area contributed by atoms with Gasteiger partial charge in [0, 0.05) is 23.0 Å². The summed E-state index contributed by atoms with van der Waals surface area (Å²) in [5, 5.41) is 38.0. The Labute approximate surface area is 509 Å². The third-order valence-electron chi connectivity index (χ3n) is 16.3. The van der Waals surface area contributed by atoms with E-state index in [1.165, 1.54) is 0 Å². The van der Waals surface area contributed by atoms with Crippen molar-refractivity contribution in [1.82, 2.24) is 0 Å². The van der Waals surface area contributed by atoms with Gasteiger partial charge in [0.25, 0.3) is 0 Å². The molecule has 8 aromatic carbocycles. The Balaban J connectivity index is 0.952. The minimum atomic E-state index is -1.23. The van der Waals surface area contributed by atoms with E-state index in [1.807, 2.05) is 231 Å². The van der Waals surface area contributed by atoms with Crippen LogP contribution in [0.3, 0.4) is 0 Å². The molecule has 3 fully saturated rings. The predicted molar refractivity (Wildman–Crippen MR) is 330 cm³/mol. The standard InChI is InChI=1S/C73H78O12S/c74-59-41-62(68(78-45-52-27-11-2-12-28-52)71(81-48-55-33-17-5-18-34-55)65(59)77-44-51-25-9-1-10-26-51)84-66-60(75)42-63(69(79-46-53-29-13-3-14-30-53)72(66)82-49-56-35-19-6-20-36-56)85-67-61(76)43-64(86-58-39-23-8-24-40-58)70(80-47-54-31-15-4-16-32-54)73(67)83-50-57-37-21-7-22-38-57/h1-40,59-76H,41-50H2/t59?,60?,61?,62-,63-,64+,65+,66+,67+,68-,69-,70-,71-,72-,73-/m0/s1. The lowest BCUT2D eigenvalue weighted by molar-refractivity contribution is -0.294. The second-order valence-corrected chi connectivity index (χ2v) is 23.8. The zero-order valence-corrected chi connectivity index (χ0v) is 49.1. The number of aliphatic hydroxyl groups excluding tert-OH is 3. The van der Waals surface area contributed by atoms with Crippen LogP contribution in [0.25, 0.3) is 0 Å². The SMILES string of the molecule is OC1C[C@H](O[C@@H]2C(O)C[C@H](O[C@@H]3C(O)C[C@@H](Sc4ccccc4)[C@H](OCc4ccccc4)[C@H]3OCc3ccccc3)[C@H](OCc3ccccc3)[C@H]2OCc2ccccc2)[C@H](OCc2ccccc2)[C@@H](OCc2ccccc2)[C@@H]1OCc1ccccc1. The number of ether oxygens (including phenoxy) is 9. The molecular formula is C73H78O12S. The van der Waals surface area contributed by atoms with Crippen LogP contribution in [-0.4, -0.2) is 106 Å². The fourth-order valence-corrected chi connectivity index (χ4v) is 13.2. The predicted octanol–water partition coefficient (Wildman–Crippen LogP) is 12.0. The molecule has 0 spiro atoms. The highest BCUT2D eigenvalue weighted by molar-refractivity contribution is 8.00. The summed E-state index contributed by atoms with van der Waals surface area (Å²) in [6, 6.07) is 79.6. The molecule has 448 valence electrons. The maximum Gasteiger partial charge on any atom is 0.115 e. The summed E-state index contributed by atoms with van der Waals surface area (Å²) in [5.74, 6) is 0. The largest absolute Gasteiger partial charge is 0.390 e. The van der Waals surface area contributed by atoms with Crippen molar-refractivity contribution in [1.29, 1.82) is 0 Å². The molecule has 15 atom stereocenters. The van der Waals surface area contributed by atoms with E-state index in [0.29, 0.717) is 13.0 Å². The Bertz CT molecular complexity index is 3160. The highest BCUT2D eigenvalue weighted by Crippen LogP contribution is 2.42. The fourth-order valence-electron chi connectivity index (χ4n) is 11.9. The van der Waals surface area contributed by atoms with Gasteiger partial charge >= 0.3 is 0 Å². The van der Waals surface area contributed by atoms with Gasteiger partial charge in [0.1, 0.15) is 48.8 Å². The van der Waals surface area contributed by atoms with Crippen LogP contribution in [-0.2, 0) is 88.9 Å². The first-order valence-electron chi connectivity index (χ1n) is 30.0. The van der Waals surface area contributed by atoms with E-state index in [1.54, 1.807) is 11.8 Å². The maximum absolute atomic E-state index is 13.0. The molecule has 0 amide bonds. The van der Waals surface area contributed by atoms with Crippen molar-refractivity contribution < 1.29 is 58.0 Å². The van der Waals surface area contributed by atoms with Crippen LogP contribution < -0.4 is 0 Å². The normalized spacial score (nSPS) is 27.5. The van der Waals surface area contributed by atoms with Gasteiger partial charge in [-0.25, -0.2) is 0 Å². The van der Waals surface area contributed by atoms with Crippen molar-refractivity contribution in [2.75, 3.05) is 0 Å². The first-order chi connectivity index (χ1) is 42.4. The third kappa shape index (κ3) is 16.8. The smallest absolute Gasteiger partial charge is 0.115 e. The first-order valence-corrected chi connectivity index (χ1v) is 30.9. The minimum Gasteiger partial charge on any atom is -0.390 e. The molecule has 8 aromatic rings. The molecule has 3 aliphatic carbocycles. The molecule has 11 rings (SSSR count). The van der Waals surface area contributed by atoms with Crippen LogP contribution in [0.2, 0.25) is 0 Å². The van der Waals surface area contributed by atoms with Crippen molar-refractivity contribution in [3.05, 3.63) is 282 Å². The van der Waals surface area contributed by atoms with Crippen molar-refractivity contribution >= 4 is 11.8 Å². The Morgan fingerprint density at radius 3 is 0.814 bits per heavy atom. The summed E-state index contributed by atoms with van der Waals surface area (Å²) in [6.45, 7) is 1.46. The number of aliphatic hydroxyl groups is 3. The van der Waals surface area contributed by atoms with Gasteiger partial charge in [0.05, 0.1) is 82.9 Å². The van der Waals surface area contributed by atoms with E-state index in [-0.39, 0.29) is 57.7 Å². The van der Waals surface area contributed by atoms with Crippen molar-refractivity contribution in [2.24, 2.45) is 0 Å². The van der Waals surface area contributed by atoms with Gasteiger partial charge in [0.15, 0.2) is 0 Å². The summed E-state index contributed by atoms with van der Waals surface area (Å²) >= 11 is 1.65. The molecule has 0 aliphatic heterocycles. The molecule has 3 saturated carbocycles. The third-order valence-corrected chi connectivity index (χ3v) is 17.6. The lowest BCUT2D eigenvalue weighted by Gasteiger charge is -2.51. The average molecular weight is 1180 g/mol. The van der Waals surface area contributed by atoms with Gasteiger partial charge in [-0.15, -0.1) is 11.8 Å². The number of benzene rings is 8. The minimum absolute atomic E-state index is 0.0171. The molecule has 0 radical (unpaired) electrons. The van der Waals surface area contributed by atoms with Gasteiger partial charge in [0.2, 0.25) is 0 Å². The lowest BCUT2D eigenvalue weighted by atomic mass is 9.83. The van der Waals surface area contributed by atoms with Gasteiger partial charge in [-0.1, -0.05) is 231 Å². The average Bonchev–Trinajstić information content (AvgIpc) is 2.20. The van der Waals surface area contributed by atoms with Crippen molar-refractivity contribution in [2.45, 2.75) is 161 Å². The summed E-state index contributed by atoms with van der Waals surface area (Å²) in [5.41, 5.74) is 6.58. The van der Waals surface area contributed by atoms with Gasteiger partial charge in [-0.2, -0.15) is 0 Å². The van der Waals surface area contributed by atoms with E-state index in [2.05, 4.69) is 12.1 Å². The topological polar surface area (TPSA) is 144 Å². The van der Waals surface area contributed by atoms with Gasteiger partial charge < -0.3 is 58.0 Å². The lowest BCUT2D eigenvalue weighted by Crippen LogP contribution is -2.65. The molecule has 3 unspecified atom stereocenters. The highest BCUT2D eigenvalue weighted by atomic mass is 32.2. The Hall–Kier alpha value is -6.37. The zero-order valence-electron chi connectivity index (χ0n) is 48.2. The van der Waals surface area contributed by atoms with Crippen molar-refractivity contribution in [3.63, 3.8) is 0 Å². The van der Waals surface area contributed by atoms with E-state index in [0.717, 1.165) is 43.8 Å². The second kappa shape index (κ2) is 31.5. The van der Waals surface area contributed by atoms with Crippen molar-refractivity contribution in [3.8, 4) is 0 Å². The van der Waals surface area contributed by atoms with Crippen LogP contribution in [0.4, 0.5) is 0 Å². The molecule has 0 aromatic heterocycles. The summed E-state index contributed by atoms with van der Waals surface area (Å²) < 4.78 is 63.8. The van der Waals surface area contributed by atoms with Crippen LogP contribution in [0.1, 0.15) is 58.2 Å². The zero-order chi connectivity index (χ0) is 58.7.